The number of nitrogens with zero attached hydrogens (tertiary/aromatic N) is 1. The first-order valence-corrected chi connectivity index (χ1v) is 5.69. The molecule has 0 aliphatic heterocycles. The van der Waals surface area contributed by atoms with E-state index in [1.54, 1.807) is 12.1 Å². The van der Waals surface area contributed by atoms with E-state index in [1.165, 1.54) is 6.07 Å². The van der Waals surface area contributed by atoms with Crippen LogP contribution in [0.2, 0.25) is 5.15 Å². The zero-order valence-electron chi connectivity index (χ0n) is 8.86. The Labute approximate surface area is 123 Å². The first-order valence-electron chi connectivity index (χ1n) is 4.24. The van der Waals surface area contributed by atoms with Crippen molar-refractivity contribution in [2.75, 3.05) is 0 Å². The zero-order valence-corrected chi connectivity index (χ0v) is 12.4. The molecule has 6 heteroatoms. The first-order chi connectivity index (χ1) is 7.08. The minimum atomic E-state index is -2.21. The molecule has 1 heterocycles. The summed E-state index contributed by atoms with van der Waals surface area (Å²) < 4.78 is 21.5. The summed E-state index contributed by atoms with van der Waals surface area (Å²) >= 11 is 3.65. The Kier molecular flexibility index (Phi) is 4.91. The average molecular weight is 264 g/mol. The van der Waals surface area contributed by atoms with Crippen LogP contribution in [-0.4, -0.2) is 13.7 Å². The molecule has 0 radical (unpaired) electrons. The van der Waals surface area contributed by atoms with Gasteiger partial charge in [-0.05, 0) is 47.8 Å². The summed E-state index contributed by atoms with van der Waals surface area (Å²) in [5.74, 6) is 0. The van der Waals surface area contributed by atoms with Gasteiger partial charge in [-0.2, -0.15) is 0 Å². The van der Waals surface area contributed by atoms with Crippen molar-refractivity contribution in [3.8, 4) is 0 Å². The number of rotatable bonds is 1. The van der Waals surface area contributed by atoms with Gasteiger partial charge in [-0.15, -0.1) is 0 Å². The van der Waals surface area contributed by atoms with Gasteiger partial charge in [0.05, 0.1) is 5.52 Å². The molecule has 2 rings (SSSR count). The van der Waals surface area contributed by atoms with Crippen molar-refractivity contribution >= 4 is 33.6 Å². The van der Waals surface area contributed by atoms with E-state index in [0.717, 1.165) is 10.9 Å². The van der Waals surface area contributed by atoms with Crippen LogP contribution in [0.1, 0.15) is 5.56 Å². The predicted octanol–water partition coefficient (Wildman–Crippen LogP) is -0.561. The van der Waals surface area contributed by atoms with E-state index in [2.05, 4.69) is 4.98 Å². The monoisotopic (exact) mass is 263 g/mol. The van der Waals surface area contributed by atoms with Gasteiger partial charge in [0.15, 0.2) is 0 Å². The van der Waals surface area contributed by atoms with E-state index in [4.69, 9.17) is 11.6 Å². The van der Waals surface area contributed by atoms with Crippen LogP contribution in [0.15, 0.2) is 29.2 Å². The van der Waals surface area contributed by atoms with E-state index in [0.29, 0.717) is 10.7 Å². The van der Waals surface area contributed by atoms with Crippen LogP contribution < -0.4 is 29.6 Å². The number of hydrogen-bond acceptors (Lipinski definition) is 3. The summed E-state index contributed by atoms with van der Waals surface area (Å²) in [4.78, 5) is 4.40. The SMILES string of the molecule is Cc1cc2cc(S(=O)[O-])ccc2nc1Cl.[Na+]. The van der Waals surface area contributed by atoms with Crippen molar-refractivity contribution in [1.82, 2.24) is 4.98 Å². The number of benzene rings is 1. The van der Waals surface area contributed by atoms with Crippen LogP contribution in [0.5, 0.6) is 0 Å². The third kappa shape index (κ3) is 2.83. The molecule has 78 valence electrons. The summed E-state index contributed by atoms with van der Waals surface area (Å²) in [7, 11) is 0. The summed E-state index contributed by atoms with van der Waals surface area (Å²) in [6.45, 7) is 1.83. The van der Waals surface area contributed by atoms with E-state index < -0.39 is 11.1 Å². The first kappa shape index (κ1) is 14.1. The van der Waals surface area contributed by atoms with E-state index >= 15 is 0 Å². The Bertz CT molecular complexity index is 562. The van der Waals surface area contributed by atoms with Crippen LogP contribution >= 0.6 is 11.6 Å². The fraction of sp³-hybridized carbons (Fsp3) is 0.100. The number of aromatic nitrogens is 1. The second-order valence-corrected chi connectivity index (χ2v) is 4.48. The summed E-state index contributed by atoms with van der Waals surface area (Å²) in [5.41, 5.74) is 1.53. The molecule has 1 aromatic carbocycles. The third-order valence-corrected chi connectivity index (χ3v) is 3.13. The molecule has 0 aliphatic rings. The quantitative estimate of drug-likeness (QED) is 0.394. The van der Waals surface area contributed by atoms with E-state index in [9.17, 15) is 8.76 Å². The summed E-state index contributed by atoms with van der Waals surface area (Å²) in [5, 5.41) is 1.22. The molecular formula is C10H7ClNNaO2S. The number of hydrogen-bond donors (Lipinski definition) is 0. The van der Waals surface area contributed by atoms with Crippen molar-refractivity contribution < 1.29 is 38.3 Å². The van der Waals surface area contributed by atoms with Gasteiger partial charge in [0.25, 0.3) is 0 Å². The molecule has 0 fully saturated rings. The largest absolute Gasteiger partial charge is 1.00 e. The zero-order chi connectivity index (χ0) is 11.0. The Hall–Kier alpha value is 0.0300. The fourth-order valence-electron chi connectivity index (χ4n) is 1.34. The van der Waals surface area contributed by atoms with Gasteiger partial charge in [0, 0.05) is 10.3 Å². The van der Waals surface area contributed by atoms with Gasteiger partial charge in [-0.3, -0.25) is 4.21 Å². The van der Waals surface area contributed by atoms with Crippen molar-refractivity contribution in [3.63, 3.8) is 0 Å². The molecule has 0 saturated carbocycles. The number of halogens is 1. The van der Waals surface area contributed by atoms with Crippen molar-refractivity contribution in [2.45, 2.75) is 11.8 Å². The molecule has 0 aliphatic carbocycles. The molecule has 2 aromatic rings. The third-order valence-electron chi connectivity index (χ3n) is 2.11. The van der Waals surface area contributed by atoms with Crippen LogP contribution in [0.25, 0.3) is 10.9 Å². The van der Waals surface area contributed by atoms with Crippen LogP contribution in [0.4, 0.5) is 0 Å². The van der Waals surface area contributed by atoms with Gasteiger partial charge in [0.1, 0.15) is 5.15 Å². The maximum atomic E-state index is 10.8. The molecule has 16 heavy (non-hydrogen) atoms. The maximum Gasteiger partial charge on any atom is 1.00 e. The van der Waals surface area contributed by atoms with Crippen molar-refractivity contribution in [3.05, 3.63) is 35.0 Å². The fourth-order valence-corrected chi connectivity index (χ4v) is 1.89. The van der Waals surface area contributed by atoms with Crippen LogP contribution in [0, 0.1) is 6.92 Å². The molecule has 1 unspecified atom stereocenters. The van der Waals surface area contributed by atoms with Gasteiger partial charge in [0.2, 0.25) is 0 Å². The number of fused-ring (bicyclic) bond motifs is 1. The molecule has 0 saturated heterocycles. The smallest absolute Gasteiger partial charge is 0.768 e. The second-order valence-electron chi connectivity index (χ2n) is 3.19. The molecule has 0 amide bonds. The van der Waals surface area contributed by atoms with Gasteiger partial charge >= 0.3 is 29.6 Å². The number of aryl methyl sites for hydroxylation is 1. The topological polar surface area (TPSA) is 53.0 Å². The molecule has 0 N–H and O–H groups in total. The normalized spacial score (nSPS) is 12.2. The summed E-state index contributed by atoms with van der Waals surface area (Å²) in [6.07, 6.45) is 0. The Morgan fingerprint density at radius 1 is 1.38 bits per heavy atom. The molecule has 1 atom stereocenters. The van der Waals surface area contributed by atoms with Crippen LogP contribution in [-0.2, 0) is 11.1 Å². The predicted molar refractivity (Wildman–Crippen MR) is 58.7 cm³/mol. The van der Waals surface area contributed by atoms with Gasteiger partial charge in [-0.1, -0.05) is 11.6 Å². The molecule has 0 spiro atoms. The Balaban J connectivity index is 0.00000128. The van der Waals surface area contributed by atoms with Gasteiger partial charge < -0.3 is 4.55 Å². The van der Waals surface area contributed by atoms with E-state index in [-0.39, 0.29) is 34.5 Å². The molecule has 3 nitrogen and oxygen atoms in total. The minimum Gasteiger partial charge on any atom is -0.768 e. The second kappa shape index (κ2) is 5.58. The number of pyridine rings is 1. The maximum absolute atomic E-state index is 10.8. The summed E-state index contributed by atoms with van der Waals surface area (Å²) in [6, 6.07) is 6.55. The van der Waals surface area contributed by atoms with Gasteiger partial charge in [-0.25, -0.2) is 4.98 Å². The molecule has 0 bridgehead atoms. The Morgan fingerprint density at radius 2 is 2.06 bits per heavy atom. The Morgan fingerprint density at radius 3 is 2.69 bits per heavy atom. The molecular weight excluding hydrogens is 257 g/mol. The average Bonchev–Trinajstić information content (AvgIpc) is 2.19. The van der Waals surface area contributed by atoms with Crippen molar-refractivity contribution in [2.24, 2.45) is 0 Å². The molecule has 1 aromatic heterocycles. The standard InChI is InChI=1S/C10H8ClNO2S.Na/c1-6-4-7-5-8(15(13)14)2-3-9(7)12-10(6)11;/h2-5H,1H3,(H,13,14);/q;+1/p-1. The minimum absolute atomic E-state index is 0. The van der Waals surface area contributed by atoms with Crippen LogP contribution in [0.3, 0.4) is 0 Å². The van der Waals surface area contributed by atoms with Crippen molar-refractivity contribution in [1.29, 1.82) is 0 Å². The van der Waals surface area contributed by atoms with E-state index in [1.807, 2.05) is 13.0 Å².